The van der Waals surface area contributed by atoms with Crippen molar-refractivity contribution in [1.29, 1.82) is 0 Å². The van der Waals surface area contributed by atoms with Crippen molar-refractivity contribution in [3.05, 3.63) is 58.7 Å². The number of carbonyl (C=O) groups is 2. The van der Waals surface area contributed by atoms with E-state index in [4.69, 9.17) is 25.8 Å². The maximum absolute atomic E-state index is 13.2. The van der Waals surface area contributed by atoms with Gasteiger partial charge in [0.2, 0.25) is 0 Å². The van der Waals surface area contributed by atoms with Gasteiger partial charge in [0.25, 0.3) is 5.91 Å². The van der Waals surface area contributed by atoms with Crippen LogP contribution >= 0.6 is 23.4 Å². The molecule has 0 aliphatic carbocycles. The Morgan fingerprint density at radius 1 is 1.13 bits per heavy atom. The Hall–Kier alpha value is -2.97. The Balaban J connectivity index is 1.97. The third kappa shape index (κ3) is 4.77. The van der Waals surface area contributed by atoms with E-state index in [2.05, 4.69) is 4.99 Å². The number of halogens is 1. The number of methoxy groups -OCH3 is 3. The number of hydrogen-bond donors (Lipinski definition) is 0. The van der Waals surface area contributed by atoms with Gasteiger partial charge in [-0.05, 0) is 35.9 Å². The topological polar surface area (TPSA) is 77.4 Å². The summed E-state index contributed by atoms with van der Waals surface area (Å²) in [6.45, 7) is 0. The molecule has 1 aliphatic heterocycles. The van der Waals surface area contributed by atoms with Crippen molar-refractivity contribution >= 4 is 52.2 Å². The largest absolute Gasteiger partial charge is 0.497 e. The predicted octanol–water partition coefficient (Wildman–Crippen LogP) is 4.01. The number of rotatable bonds is 6. The zero-order valence-electron chi connectivity index (χ0n) is 16.5. The molecule has 0 spiro atoms. The molecule has 0 fully saturated rings. The molecule has 1 amide bonds. The van der Waals surface area contributed by atoms with E-state index < -0.39 is 5.97 Å². The second kappa shape index (κ2) is 9.69. The molecule has 30 heavy (non-hydrogen) atoms. The van der Waals surface area contributed by atoms with Crippen LogP contribution in [-0.4, -0.2) is 44.1 Å². The fourth-order valence-corrected chi connectivity index (χ4v) is 3.69. The molecule has 1 aliphatic rings. The molecule has 7 nitrogen and oxygen atoms in total. The lowest BCUT2D eigenvalue weighted by Crippen LogP contribution is -2.31. The molecule has 2 aromatic carbocycles. The lowest BCUT2D eigenvalue weighted by Gasteiger charge is -2.18. The summed E-state index contributed by atoms with van der Waals surface area (Å²) in [5.74, 6) is 0.396. The summed E-state index contributed by atoms with van der Waals surface area (Å²) in [6.07, 6.45) is 1.67. The monoisotopic (exact) mass is 446 g/mol. The van der Waals surface area contributed by atoms with Crippen LogP contribution in [0.1, 0.15) is 5.56 Å². The van der Waals surface area contributed by atoms with Crippen LogP contribution in [0.2, 0.25) is 5.02 Å². The van der Waals surface area contributed by atoms with Crippen LogP contribution in [0.15, 0.2) is 53.2 Å². The summed E-state index contributed by atoms with van der Waals surface area (Å²) >= 11 is 7.22. The Morgan fingerprint density at radius 2 is 1.87 bits per heavy atom. The molecule has 3 rings (SSSR count). The number of amides is 1. The van der Waals surface area contributed by atoms with Gasteiger partial charge in [-0.1, -0.05) is 35.5 Å². The van der Waals surface area contributed by atoms with Crippen molar-refractivity contribution in [1.82, 2.24) is 0 Å². The van der Waals surface area contributed by atoms with Gasteiger partial charge in [-0.2, -0.15) is 0 Å². The molecule has 156 valence electrons. The van der Waals surface area contributed by atoms with Crippen molar-refractivity contribution in [3.8, 4) is 11.5 Å². The van der Waals surface area contributed by atoms with E-state index >= 15 is 0 Å². The van der Waals surface area contributed by atoms with Gasteiger partial charge in [0.05, 0.1) is 37.8 Å². The van der Waals surface area contributed by atoms with E-state index in [0.717, 1.165) is 17.3 Å². The van der Waals surface area contributed by atoms with Crippen LogP contribution in [-0.2, 0) is 14.3 Å². The van der Waals surface area contributed by atoms with E-state index in [1.165, 1.54) is 19.1 Å². The molecule has 0 saturated carbocycles. The van der Waals surface area contributed by atoms with E-state index in [1.54, 1.807) is 43.5 Å². The Bertz CT molecular complexity index is 1020. The minimum atomic E-state index is -0.420. The number of aliphatic imine (C=N–C) groups is 1. The average Bonchev–Trinajstić information content (AvgIpc) is 3.08. The van der Waals surface area contributed by atoms with Gasteiger partial charge in [0.1, 0.15) is 17.2 Å². The molecule has 9 heteroatoms. The van der Waals surface area contributed by atoms with E-state index in [1.807, 2.05) is 12.1 Å². The first-order valence-electron chi connectivity index (χ1n) is 8.79. The summed E-state index contributed by atoms with van der Waals surface area (Å²) in [5.41, 5.74) is 1.55. The molecular formula is C21H19ClN2O5S. The lowest BCUT2D eigenvalue weighted by molar-refractivity contribution is -0.137. The normalized spacial score (nSPS) is 14.7. The molecule has 0 atom stereocenters. The lowest BCUT2D eigenvalue weighted by atomic mass is 10.2. The molecule has 0 saturated heterocycles. The minimum Gasteiger partial charge on any atom is -0.497 e. The van der Waals surface area contributed by atoms with Crippen LogP contribution in [0.25, 0.3) is 6.08 Å². The van der Waals surface area contributed by atoms with Crippen molar-refractivity contribution < 1.29 is 23.8 Å². The highest BCUT2D eigenvalue weighted by molar-refractivity contribution is 8.14. The maximum atomic E-state index is 13.2. The maximum Gasteiger partial charge on any atom is 0.316 e. The minimum absolute atomic E-state index is 0.0135. The molecule has 0 bridgehead atoms. The Kier molecular flexibility index (Phi) is 7.02. The molecule has 0 radical (unpaired) electrons. The number of nitrogens with zero attached hydrogens (tertiary/aromatic N) is 2. The zero-order chi connectivity index (χ0) is 21.7. The second-order valence-corrected chi connectivity index (χ2v) is 7.37. The van der Waals surface area contributed by atoms with Crippen LogP contribution in [0, 0.1) is 0 Å². The van der Waals surface area contributed by atoms with Gasteiger partial charge in [-0.25, -0.2) is 4.99 Å². The van der Waals surface area contributed by atoms with Gasteiger partial charge >= 0.3 is 5.97 Å². The van der Waals surface area contributed by atoms with Gasteiger partial charge in [0, 0.05) is 6.07 Å². The van der Waals surface area contributed by atoms with E-state index in [-0.39, 0.29) is 17.4 Å². The Labute approximate surface area is 183 Å². The van der Waals surface area contributed by atoms with Gasteiger partial charge in [0.15, 0.2) is 5.17 Å². The zero-order valence-corrected chi connectivity index (χ0v) is 18.1. The number of amidine groups is 1. The summed E-state index contributed by atoms with van der Waals surface area (Å²) in [6, 6.07) is 12.2. The molecule has 0 aromatic heterocycles. The smallest absolute Gasteiger partial charge is 0.316 e. The SMILES string of the molecule is COC(=O)CSC1=N/C(=C/c2ccc(OC)cc2)C(=O)N1c1ccc(Cl)c(OC)c1. The summed E-state index contributed by atoms with van der Waals surface area (Å²) in [7, 11) is 4.38. The molecule has 1 heterocycles. The third-order valence-electron chi connectivity index (χ3n) is 4.19. The van der Waals surface area contributed by atoms with Crippen molar-refractivity contribution in [3.63, 3.8) is 0 Å². The predicted molar refractivity (Wildman–Crippen MR) is 118 cm³/mol. The van der Waals surface area contributed by atoms with Gasteiger partial charge < -0.3 is 14.2 Å². The highest BCUT2D eigenvalue weighted by Gasteiger charge is 2.33. The highest BCUT2D eigenvalue weighted by atomic mass is 35.5. The van der Waals surface area contributed by atoms with Crippen LogP contribution in [0.3, 0.4) is 0 Å². The quantitative estimate of drug-likeness (QED) is 0.493. The first kappa shape index (κ1) is 21.7. The van der Waals surface area contributed by atoms with Gasteiger partial charge in [-0.15, -0.1) is 0 Å². The number of thioether (sulfide) groups is 1. The van der Waals surface area contributed by atoms with Gasteiger partial charge in [-0.3, -0.25) is 14.5 Å². The molecule has 0 unspecified atom stereocenters. The molecule has 0 N–H and O–H groups in total. The number of ether oxygens (including phenoxy) is 3. The van der Waals surface area contributed by atoms with Crippen molar-refractivity contribution in [2.45, 2.75) is 0 Å². The van der Waals surface area contributed by atoms with E-state index in [9.17, 15) is 9.59 Å². The molecule has 2 aromatic rings. The molecular weight excluding hydrogens is 428 g/mol. The van der Waals surface area contributed by atoms with Crippen LogP contribution in [0.4, 0.5) is 5.69 Å². The third-order valence-corrected chi connectivity index (χ3v) is 5.41. The number of benzene rings is 2. The summed E-state index contributed by atoms with van der Waals surface area (Å²) < 4.78 is 15.1. The van der Waals surface area contributed by atoms with Crippen LogP contribution < -0.4 is 14.4 Å². The first-order valence-corrected chi connectivity index (χ1v) is 10.1. The first-order chi connectivity index (χ1) is 14.5. The van der Waals surface area contributed by atoms with Crippen molar-refractivity contribution in [2.75, 3.05) is 32.0 Å². The van der Waals surface area contributed by atoms with Crippen molar-refractivity contribution in [2.24, 2.45) is 4.99 Å². The highest BCUT2D eigenvalue weighted by Crippen LogP contribution is 2.34. The van der Waals surface area contributed by atoms with E-state index in [0.29, 0.717) is 27.4 Å². The fraction of sp³-hybridized carbons (Fsp3) is 0.190. The number of esters is 1. The second-order valence-electron chi connectivity index (χ2n) is 6.02. The summed E-state index contributed by atoms with van der Waals surface area (Å²) in [5, 5.41) is 0.775. The fourth-order valence-electron chi connectivity index (χ4n) is 2.65. The number of anilines is 1. The number of carbonyl (C=O) groups excluding carboxylic acids is 2. The average molecular weight is 447 g/mol. The standard InChI is InChI=1S/C21H19ClN2O5S/c1-27-15-7-4-13(5-8-15)10-17-20(26)24(21(23-17)30-12-19(25)29-3)14-6-9-16(22)18(11-14)28-2/h4-11H,12H2,1-3H3/b17-10+. The summed E-state index contributed by atoms with van der Waals surface area (Å²) in [4.78, 5) is 30.6. The Morgan fingerprint density at radius 3 is 2.50 bits per heavy atom. The van der Waals surface area contributed by atoms with Crippen LogP contribution in [0.5, 0.6) is 11.5 Å². The number of hydrogen-bond acceptors (Lipinski definition) is 7.